The first-order valence-corrected chi connectivity index (χ1v) is 9.97. The van der Waals surface area contributed by atoms with Gasteiger partial charge in [-0.3, -0.25) is 4.72 Å². The van der Waals surface area contributed by atoms with Crippen molar-refractivity contribution in [2.45, 2.75) is 19.4 Å². The van der Waals surface area contributed by atoms with Gasteiger partial charge < -0.3 is 4.90 Å². The first kappa shape index (κ1) is 16.0. The molecule has 1 aromatic heterocycles. The number of hydrogen-bond acceptors (Lipinski definition) is 7. The lowest BCUT2D eigenvalue weighted by atomic mass is 10.2. The average Bonchev–Trinajstić information content (AvgIpc) is 2.79. The number of sulfone groups is 1. The molecular weight excluding hydrogens is 316 g/mol. The fraction of sp³-hybridized carbons (Fsp3) is 0.636. The summed E-state index contributed by atoms with van der Waals surface area (Å²) in [6.07, 6.45) is 0.560. The second-order valence-electron chi connectivity index (χ2n) is 4.95. The van der Waals surface area contributed by atoms with Crippen molar-refractivity contribution in [3.8, 4) is 0 Å². The molecule has 1 aliphatic heterocycles. The van der Waals surface area contributed by atoms with E-state index in [4.69, 9.17) is 0 Å². The minimum absolute atomic E-state index is 0.0454. The summed E-state index contributed by atoms with van der Waals surface area (Å²) in [5.41, 5.74) is 0. The average molecular weight is 334 g/mol. The van der Waals surface area contributed by atoms with E-state index in [0.29, 0.717) is 12.2 Å². The third kappa shape index (κ3) is 4.03. The van der Waals surface area contributed by atoms with E-state index in [1.807, 2.05) is 0 Å². The van der Waals surface area contributed by atoms with E-state index in [1.54, 1.807) is 18.0 Å². The van der Waals surface area contributed by atoms with Gasteiger partial charge in [0.1, 0.15) is 0 Å². The van der Waals surface area contributed by atoms with Gasteiger partial charge in [-0.15, -0.1) is 10.2 Å². The monoisotopic (exact) mass is 334 g/mol. The van der Waals surface area contributed by atoms with Gasteiger partial charge in [-0.25, -0.2) is 16.8 Å². The Kier molecular flexibility index (Phi) is 4.38. The van der Waals surface area contributed by atoms with Crippen LogP contribution in [0.15, 0.2) is 12.1 Å². The number of nitrogens with zero attached hydrogens (tertiary/aromatic N) is 3. The summed E-state index contributed by atoms with van der Waals surface area (Å²) >= 11 is 0. The van der Waals surface area contributed by atoms with Crippen LogP contribution in [0.25, 0.3) is 0 Å². The molecule has 0 spiro atoms. The Balaban J connectivity index is 2.09. The molecule has 21 heavy (non-hydrogen) atoms. The predicted molar refractivity (Wildman–Crippen MR) is 80.6 cm³/mol. The zero-order valence-electron chi connectivity index (χ0n) is 11.9. The highest BCUT2D eigenvalue weighted by atomic mass is 32.2. The maximum Gasteiger partial charge on any atom is 0.233 e. The van der Waals surface area contributed by atoms with Crippen LogP contribution in [0.4, 0.5) is 11.6 Å². The normalized spacial score (nSPS) is 21.1. The minimum Gasteiger partial charge on any atom is -0.354 e. The third-order valence-corrected chi connectivity index (χ3v) is 6.44. The maximum atomic E-state index is 11.5. The molecule has 0 radical (unpaired) electrons. The standard InChI is InChI=1S/C11H18N4O4S2/c1-3-21(18,19)14-10-4-5-11(13-12-10)15(2)9-6-7-20(16,17)8-9/h4-5,9H,3,6-8H2,1-2H3,(H,12,14). The van der Waals surface area contributed by atoms with E-state index in [-0.39, 0.29) is 29.1 Å². The van der Waals surface area contributed by atoms with Crippen molar-refractivity contribution in [1.29, 1.82) is 0 Å². The molecule has 8 nitrogen and oxygen atoms in total. The third-order valence-electron chi connectivity index (χ3n) is 3.41. The van der Waals surface area contributed by atoms with Gasteiger partial charge in [0.15, 0.2) is 21.5 Å². The highest BCUT2D eigenvalue weighted by Gasteiger charge is 2.31. The van der Waals surface area contributed by atoms with Crippen LogP contribution in [0.2, 0.25) is 0 Å². The zero-order valence-corrected chi connectivity index (χ0v) is 13.5. The number of aromatic nitrogens is 2. The molecule has 0 saturated carbocycles. The molecule has 0 amide bonds. The van der Waals surface area contributed by atoms with Crippen LogP contribution >= 0.6 is 0 Å². The SMILES string of the molecule is CCS(=O)(=O)Nc1ccc(N(C)C2CCS(=O)(=O)C2)nn1. The highest BCUT2D eigenvalue weighted by Crippen LogP contribution is 2.21. The van der Waals surface area contributed by atoms with Crippen molar-refractivity contribution in [2.24, 2.45) is 0 Å². The first-order chi connectivity index (χ1) is 9.72. The summed E-state index contributed by atoms with van der Waals surface area (Å²) in [5.74, 6) is 0.903. The summed E-state index contributed by atoms with van der Waals surface area (Å²) in [5, 5.41) is 7.75. The lowest BCUT2D eigenvalue weighted by Gasteiger charge is -2.23. The van der Waals surface area contributed by atoms with E-state index in [2.05, 4.69) is 14.9 Å². The Morgan fingerprint density at radius 2 is 2.10 bits per heavy atom. The lowest BCUT2D eigenvalue weighted by Crippen LogP contribution is -2.33. The molecule has 1 atom stereocenters. The van der Waals surface area contributed by atoms with E-state index in [1.165, 1.54) is 13.0 Å². The van der Waals surface area contributed by atoms with Crippen LogP contribution in [-0.2, 0) is 19.9 Å². The zero-order chi connectivity index (χ0) is 15.7. The fourth-order valence-electron chi connectivity index (χ4n) is 2.07. The molecule has 1 saturated heterocycles. The molecule has 0 aliphatic carbocycles. The van der Waals surface area contributed by atoms with Crippen LogP contribution in [0.5, 0.6) is 0 Å². The Labute approximate surface area is 124 Å². The molecule has 0 aromatic carbocycles. The molecule has 2 heterocycles. The number of anilines is 2. The van der Waals surface area contributed by atoms with Gasteiger partial charge in [-0.1, -0.05) is 0 Å². The molecule has 1 N–H and O–H groups in total. The van der Waals surface area contributed by atoms with Crippen molar-refractivity contribution < 1.29 is 16.8 Å². The Morgan fingerprint density at radius 3 is 2.57 bits per heavy atom. The van der Waals surface area contributed by atoms with E-state index in [9.17, 15) is 16.8 Å². The molecule has 1 fully saturated rings. The minimum atomic E-state index is -3.38. The molecule has 1 aromatic rings. The Morgan fingerprint density at radius 1 is 1.38 bits per heavy atom. The Hall–Kier alpha value is -1.42. The number of sulfonamides is 1. The quantitative estimate of drug-likeness (QED) is 0.798. The van der Waals surface area contributed by atoms with Crippen LogP contribution in [0, 0.1) is 0 Å². The molecule has 118 valence electrons. The molecule has 1 unspecified atom stereocenters. The Bertz CT molecular complexity index is 700. The number of hydrogen-bond donors (Lipinski definition) is 1. The molecule has 1 aliphatic rings. The predicted octanol–water partition coefficient (Wildman–Crippen LogP) is -0.139. The lowest BCUT2D eigenvalue weighted by molar-refractivity contribution is 0.599. The van der Waals surface area contributed by atoms with Crippen molar-refractivity contribution in [3.63, 3.8) is 0 Å². The van der Waals surface area contributed by atoms with E-state index >= 15 is 0 Å². The van der Waals surface area contributed by atoms with Crippen molar-refractivity contribution in [2.75, 3.05) is 33.9 Å². The van der Waals surface area contributed by atoms with Crippen molar-refractivity contribution >= 4 is 31.5 Å². The summed E-state index contributed by atoms with van der Waals surface area (Å²) in [4.78, 5) is 1.76. The topological polar surface area (TPSA) is 109 Å². The summed E-state index contributed by atoms with van der Waals surface area (Å²) in [6, 6.07) is 3.00. The largest absolute Gasteiger partial charge is 0.354 e. The second-order valence-corrected chi connectivity index (χ2v) is 9.19. The van der Waals surface area contributed by atoms with E-state index in [0.717, 1.165) is 0 Å². The molecule has 10 heteroatoms. The summed E-state index contributed by atoms with van der Waals surface area (Å²) in [6.45, 7) is 1.53. The molecule has 0 bridgehead atoms. The number of rotatable bonds is 5. The molecule has 2 rings (SSSR count). The van der Waals surface area contributed by atoms with Crippen LogP contribution in [-0.4, -0.2) is 57.4 Å². The highest BCUT2D eigenvalue weighted by molar-refractivity contribution is 7.92. The van der Waals surface area contributed by atoms with Crippen LogP contribution in [0.1, 0.15) is 13.3 Å². The van der Waals surface area contributed by atoms with Gasteiger partial charge >= 0.3 is 0 Å². The maximum absolute atomic E-state index is 11.5. The van der Waals surface area contributed by atoms with Crippen LogP contribution in [0.3, 0.4) is 0 Å². The summed E-state index contributed by atoms with van der Waals surface area (Å²) < 4.78 is 48.1. The molecular formula is C11H18N4O4S2. The van der Waals surface area contributed by atoms with Gasteiger partial charge in [0.05, 0.1) is 17.3 Å². The smallest absolute Gasteiger partial charge is 0.233 e. The van der Waals surface area contributed by atoms with Crippen LogP contribution < -0.4 is 9.62 Å². The van der Waals surface area contributed by atoms with Gasteiger partial charge in [0.25, 0.3) is 0 Å². The summed E-state index contributed by atoms with van der Waals surface area (Å²) in [7, 11) is -4.59. The van der Waals surface area contributed by atoms with E-state index < -0.39 is 19.9 Å². The van der Waals surface area contributed by atoms with Crippen molar-refractivity contribution in [1.82, 2.24) is 10.2 Å². The van der Waals surface area contributed by atoms with Gasteiger partial charge in [-0.05, 0) is 25.5 Å². The van der Waals surface area contributed by atoms with Gasteiger partial charge in [0.2, 0.25) is 10.0 Å². The van der Waals surface area contributed by atoms with Gasteiger partial charge in [0, 0.05) is 13.1 Å². The first-order valence-electron chi connectivity index (χ1n) is 6.50. The number of nitrogens with one attached hydrogen (secondary N) is 1. The van der Waals surface area contributed by atoms with Crippen molar-refractivity contribution in [3.05, 3.63) is 12.1 Å². The fourth-order valence-corrected chi connectivity index (χ4v) is 4.41. The second kappa shape index (κ2) is 5.76. The van der Waals surface area contributed by atoms with Gasteiger partial charge in [-0.2, -0.15) is 0 Å².